The molecule has 0 spiro atoms. The Bertz CT molecular complexity index is 616. The molecule has 4 nitrogen and oxygen atoms in total. The lowest BCUT2D eigenvalue weighted by atomic mass is 10.2. The fourth-order valence-electron chi connectivity index (χ4n) is 2.55. The first-order valence-electron chi connectivity index (χ1n) is 7.22. The number of aromatic nitrogens is 1. The molecule has 21 heavy (non-hydrogen) atoms. The van der Waals surface area contributed by atoms with Crippen LogP contribution in [0.15, 0.2) is 36.4 Å². The Labute approximate surface area is 126 Å². The second-order valence-electron chi connectivity index (χ2n) is 5.28. The zero-order valence-electron chi connectivity index (χ0n) is 13.1. The first-order valence-corrected chi connectivity index (χ1v) is 7.22. The number of likely N-dealkylation sites (N-methyl/N-ethyl adjacent to an activating group) is 1. The van der Waals surface area contributed by atoms with Gasteiger partial charge < -0.3 is 15.2 Å². The van der Waals surface area contributed by atoms with E-state index in [0.29, 0.717) is 6.54 Å². The highest BCUT2D eigenvalue weighted by atomic mass is 16.2. The van der Waals surface area contributed by atoms with Crippen molar-refractivity contribution < 1.29 is 4.79 Å². The molecule has 2 rings (SSSR count). The summed E-state index contributed by atoms with van der Waals surface area (Å²) < 4.78 is 2.24. The van der Waals surface area contributed by atoms with Crippen molar-refractivity contribution in [2.24, 2.45) is 0 Å². The maximum Gasteiger partial charge on any atom is 0.236 e. The highest BCUT2D eigenvalue weighted by Crippen LogP contribution is 2.20. The zero-order valence-corrected chi connectivity index (χ0v) is 13.1. The minimum Gasteiger partial charge on any atom is -0.358 e. The minimum absolute atomic E-state index is 0.00636. The van der Waals surface area contributed by atoms with E-state index in [2.05, 4.69) is 47.2 Å². The van der Waals surface area contributed by atoms with Crippen LogP contribution < -0.4 is 10.6 Å². The van der Waals surface area contributed by atoms with E-state index in [4.69, 9.17) is 0 Å². The average molecular weight is 285 g/mol. The summed E-state index contributed by atoms with van der Waals surface area (Å²) in [5.74, 6) is 0.00636. The van der Waals surface area contributed by atoms with E-state index < -0.39 is 0 Å². The first-order chi connectivity index (χ1) is 10.0. The molecule has 2 aromatic rings. The number of nitrogens with zero attached hydrogens (tertiary/aromatic N) is 1. The number of aryl methyl sites for hydroxylation is 1. The summed E-state index contributed by atoms with van der Waals surface area (Å²) >= 11 is 0. The zero-order chi connectivity index (χ0) is 15.4. The second kappa shape index (κ2) is 6.59. The Hall–Kier alpha value is -2.07. The van der Waals surface area contributed by atoms with Crippen molar-refractivity contribution >= 4 is 5.91 Å². The molecule has 0 saturated carbocycles. The molecule has 1 aromatic heterocycles. The smallest absolute Gasteiger partial charge is 0.236 e. The van der Waals surface area contributed by atoms with Crippen LogP contribution in [0.1, 0.15) is 23.9 Å². The quantitative estimate of drug-likeness (QED) is 0.885. The lowest BCUT2D eigenvalue weighted by Gasteiger charge is -2.13. The van der Waals surface area contributed by atoms with Crippen molar-refractivity contribution in [2.45, 2.75) is 33.4 Å². The highest BCUT2D eigenvalue weighted by Gasteiger charge is 2.13. The number of carbonyl (C=O) groups excluding carboxylic acids is 1. The summed E-state index contributed by atoms with van der Waals surface area (Å²) in [7, 11) is 1.65. The SMILES string of the molecule is CNC(=O)C(C)NCc1cc(C)n(-c2ccccc2)c1C. The van der Waals surface area contributed by atoms with Gasteiger partial charge in [-0.05, 0) is 44.5 Å². The summed E-state index contributed by atoms with van der Waals surface area (Å²) in [5.41, 5.74) is 4.78. The number of rotatable bonds is 5. The van der Waals surface area contributed by atoms with E-state index >= 15 is 0 Å². The summed E-state index contributed by atoms with van der Waals surface area (Å²) in [6.07, 6.45) is 0. The van der Waals surface area contributed by atoms with Gasteiger partial charge in [-0.25, -0.2) is 0 Å². The molecule has 1 atom stereocenters. The van der Waals surface area contributed by atoms with Crippen molar-refractivity contribution in [1.29, 1.82) is 0 Å². The van der Waals surface area contributed by atoms with E-state index in [1.807, 2.05) is 25.1 Å². The van der Waals surface area contributed by atoms with Gasteiger partial charge in [0.15, 0.2) is 0 Å². The molecule has 1 heterocycles. The van der Waals surface area contributed by atoms with E-state index in [1.54, 1.807) is 7.05 Å². The van der Waals surface area contributed by atoms with E-state index in [9.17, 15) is 4.79 Å². The molecule has 0 aliphatic rings. The summed E-state index contributed by atoms with van der Waals surface area (Å²) in [4.78, 5) is 11.5. The molecule has 0 saturated heterocycles. The number of amides is 1. The predicted molar refractivity (Wildman–Crippen MR) is 85.6 cm³/mol. The number of nitrogens with one attached hydrogen (secondary N) is 2. The van der Waals surface area contributed by atoms with E-state index in [0.717, 1.165) is 5.69 Å². The number of benzene rings is 1. The van der Waals surface area contributed by atoms with Crippen LogP contribution in [0.3, 0.4) is 0 Å². The predicted octanol–water partition coefficient (Wildman–Crippen LogP) is 2.32. The molecule has 1 aromatic carbocycles. The average Bonchev–Trinajstić information content (AvgIpc) is 2.79. The van der Waals surface area contributed by atoms with Gasteiger partial charge in [0.2, 0.25) is 5.91 Å². The van der Waals surface area contributed by atoms with Gasteiger partial charge in [0.05, 0.1) is 6.04 Å². The van der Waals surface area contributed by atoms with Gasteiger partial charge in [0, 0.05) is 30.7 Å². The van der Waals surface area contributed by atoms with Crippen LogP contribution in [0.5, 0.6) is 0 Å². The maximum atomic E-state index is 11.5. The molecule has 0 aliphatic carbocycles. The third-order valence-corrected chi connectivity index (χ3v) is 3.79. The summed E-state index contributed by atoms with van der Waals surface area (Å²) in [6.45, 7) is 6.77. The van der Waals surface area contributed by atoms with Crippen molar-refractivity contribution in [1.82, 2.24) is 15.2 Å². The largest absolute Gasteiger partial charge is 0.358 e. The van der Waals surface area contributed by atoms with Gasteiger partial charge in [-0.1, -0.05) is 18.2 Å². The Balaban J connectivity index is 2.18. The fraction of sp³-hybridized carbons (Fsp3) is 0.353. The topological polar surface area (TPSA) is 46.1 Å². The molecule has 1 amide bonds. The van der Waals surface area contributed by atoms with Crippen LogP contribution in [0.2, 0.25) is 0 Å². The van der Waals surface area contributed by atoms with Gasteiger partial charge in [0.25, 0.3) is 0 Å². The van der Waals surface area contributed by atoms with Crippen molar-refractivity contribution in [3.8, 4) is 5.69 Å². The molecular formula is C17H23N3O. The summed E-state index contributed by atoms with van der Waals surface area (Å²) in [6, 6.07) is 12.3. The minimum atomic E-state index is -0.199. The number of para-hydroxylation sites is 1. The maximum absolute atomic E-state index is 11.5. The Kier molecular flexibility index (Phi) is 4.81. The molecule has 0 radical (unpaired) electrons. The Morgan fingerprint density at radius 3 is 2.52 bits per heavy atom. The molecule has 0 fully saturated rings. The molecule has 0 aliphatic heterocycles. The van der Waals surface area contributed by atoms with E-state index in [1.165, 1.54) is 17.0 Å². The number of carbonyl (C=O) groups is 1. The van der Waals surface area contributed by atoms with Crippen molar-refractivity contribution in [3.05, 3.63) is 53.3 Å². The molecule has 112 valence electrons. The van der Waals surface area contributed by atoms with Crippen molar-refractivity contribution in [2.75, 3.05) is 7.05 Å². The lowest BCUT2D eigenvalue weighted by Crippen LogP contribution is -2.40. The van der Waals surface area contributed by atoms with Crippen LogP contribution in [0, 0.1) is 13.8 Å². The lowest BCUT2D eigenvalue weighted by molar-refractivity contribution is -0.122. The van der Waals surface area contributed by atoms with Crippen LogP contribution >= 0.6 is 0 Å². The first kappa shape index (κ1) is 15.3. The third kappa shape index (κ3) is 3.34. The third-order valence-electron chi connectivity index (χ3n) is 3.79. The highest BCUT2D eigenvalue weighted by molar-refractivity contribution is 5.80. The van der Waals surface area contributed by atoms with Crippen LogP contribution in [0.25, 0.3) is 5.69 Å². The van der Waals surface area contributed by atoms with Gasteiger partial charge in [-0.15, -0.1) is 0 Å². The second-order valence-corrected chi connectivity index (χ2v) is 5.28. The van der Waals surface area contributed by atoms with Gasteiger partial charge >= 0.3 is 0 Å². The number of hydrogen-bond donors (Lipinski definition) is 2. The number of hydrogen-bond acceptors (Lipinski definition) is 2. The van der Waals surface area contributed by atoms with Gasteiger partial charge in [-0.3, -0.25) is 4.79 Å². The Morgan fingerprint density at radius 1 is 1.24 bits per heavy atom. The van der Waals surface area contributed by atoms with Crippen molar-refractivity contribution in [3.63, 3.8) is 0 Å². The van der Waals surface area contributed by atoms with Crippen LogP contribution in [0.4, 0.5) is 0 Å². The monoisotopic (exact) mass is 285 g/mol. The Morgan fingerprint density at radius 2 is 1.90 bits per heavy atom. The van der Waals surface area contributed by atoms with Gasteiger partial charge in [-0.2, -0.15) is 0 Å². The molecular weight excluding hydrogens is 262 g/mol. The molecule has 0 bridgehead atoms. The molecule has 2 N–H and O–H groups in total. The van der Waals surface area contributed by atoms with Gasteiger partial charge in [0.1, 0.15) is 0 Å². The van der Waals surface area contributed by atoms with E-state index in [-0.39, 0.29) is 11.9 Å². The normalized spacial score (nSPS) is 12.2. The molecule has 4 heteroatoms. The summed E-state index contributed by atoms with van der Waals surface area (Å²) in [5, 5.41) is 5.91. The standard InChI is InChI=1S/C17H23N3O/c1-12-10-15(11-19-13(2)17(21)18-4)14(3)20(12)16-8-6-5-7-9-16/h5-10,13,19H,11H2,1-4H3,(H,18,21). The molecule has 1 unspecified atom stereocenters. The van der Waals surface area contributed by atoms with Crippen LogP contribution in [-0.4, -0.2) is 23.6 Å². The van der Waals surface area contributed by atoms with Crippen LogP contribution in [-0.2, 0) is 11.3 Å². The fourth-order valence-corrected chi connectivity index (χ4v) is 2.55.